The Balaban J connectivity index is 1.94. The highest BCUT2D eigenvalue weighted by Crippen LogP contribution is 2.16. The molecule has 0 fully saturated rings. The number of nitrogens with zero attached hydrogens (tertiary/aromatic N) is 2. The van der Waals surface area contributed by atoms with E-state index in [0.29, 0.717) is 24.5 Å². The molecule has 0 aliphatic rings. The molecule has 0 N–H and O–H groups in total. The standard InChI is InChI=1S/C17H19ClN2O/c1-2-20(12-9-14-7-10-19-11-8-14)17(21)13-15-5-3-4-6-16(15)18/h3-8,10-11H,2,9,12-13H2,1H3. The molecule has 0 radical (unpaired) electrons. The van der Waals surface area contributed by atoms with Crippen LogP contribution >= 0.6 is 11.6 Å². The first-order valence-corrected chi connectivity index (χ1v) is 7.48. The molecule has 4 heteroatoms. The number of carbonyl (C=O) groups excluding carboxylic acids is 1. The van der Waals surface area contributed by atoms with Crippen LogP contribution in [0.25, 0.3) is 0 Å². The molecule has 21 heavy (non-hydrogen) atoms. The van der Waals surface area contributed by atoms with Gasteiger partial charge in [-0.05, 0) is 42.7 Å². The van der Waals surface area contributed by atoms with Crippen LogP contribution in [0.2, 0.25) is 5.02 Å². The number of benzene rings is 1. The van der Waals surface area contributed by atoms with Gasteiger partial charge in [0.15, 0.2) is 0 Å². The molecule has 0 spiro atoms. The van der Waals surface area contributed by atoms with Gasteiger partial charge in [-0.1, -0.05) is 29.8 Å². The van der Waals surface area contributed by atoms with Crippen LogP contribution in [-0.4, -0.2) is 28.9 Å². The van der Waals surface area contributed by atoms with E-state index >= 15 is 0 Å². The lowest BCUT2D eigenvalue weighted by Gasteiger charge is -2.21. The average Bonchev–Trinajstić information content (AvgIpc) is 2.51. The first-order chi connectivity index (χ1) is 10.2. The zero-order valence-corrected chi connectivity index (χ0v) is 12.9. The largest absolute Gasteiger partial charge is 0.342 e. The Kier molecular flexibility index (Phi) is 5.76. The Hall–Kier alpha value is -1.87. The smallest absolute Gasteiger partial charge is 0.227 e. The van der Waals surface area contributed by atoms with Crippen LogP contribution < -0.4 is 0 Å². The van der Waals surface area contributed by atoms with Crippen molar-refractivity contribution in [3.05, 3.63) is 64.9 Å². The predicted octanol–water partition coefficient (Wildman–Crippen LogP) is 3.37. The normalized spacial score (nSPS) is 10.4. The van der Waals surface area contributed by atoms with Gasteiger partial charge in [-0.3, -0.25) is 9.78 Å². The van der Waals surface area contributed by atoms with E-state index in [2.05, 4.69) is 4.98 Å². The lowest BCUT2D eigenvalue weighted by atomic mass is 10.1. The Morgan fingerprint density at radius 2 is 1.90 bits per heavy atom. The summed E-state index contributed by atoms with van der Waals surface area (Å²) in [6.45, 7) is 3.41. The van der Waals surface area contributed by atoms with Gasteiger partial charge in [0.25, 0.3) is 0 Å². The molecule has 0 saturated heterocycles. The summed E-state index contributed by atoms with van der Waals surface area (Å²) in [5.41, 5.74) is 2.07. The van der Waals surface area contributed by atoms with Crippen LogP contribution in [0.1, 0.15) is 18.1 Å². The van der Waals surface area contributed by atoms with E-state index in [9.17, 15) is 4.79 Å². The van der Waals surface area contributed by atoms with Gasteiger partial charge >= 0.3 is 0 Å². The first kappa shape index (κ1) is 15.5. The molecule has 1 aromatic heterocycles. The fourth-order valence-corrected chi connectivity index (χ4v) is 2.39. The molecule has 0 aliphatic heterocycles. The van der Waals surface area contributed by atoms with Crippen molar-refractivity contribution >= 4 is 17.5 Å². The number of hydrogen-bond donors (Lipinski definition) is 0. The van der Waals surface area contributed by atoms with E-state index in [1.54, 1.807) is 12.4 Å². The quantitative estimate of drug-likeness (QED) is 0.819. The molecule has 1 heterocycles. The lowest BCUT2D eigenvalue weighted by molar-refractivity contribution is -0.130. The van der Waals surface area contributed by atoms with Crippen molar-refractivity contribution in [2.75, 3.05) is 13.1 Å². The van der Waals surface area contributed by atoms with Gasteiger partial charge in [0.2, 0.25) is 5.91 Å². The molecule has 3 nitrogen and oxygen atoms in total. The summed E-state index contributed by atoms with van der Waals surface area (Å²) in [5, 5.41) is 0.649. The molecule has 0 unspecified atom stereocenters. The number of rotatable bonds is 6. The van der Waals surface area contributed by atoms with E-state index in [0.717, 1.165) is 12.0 Å². The second kappa shape index (κ2) is 7.79. The van der Waals surface area contributed by atoms with Gasteiger partial charge in [0, 0.05) is 30.5 Å². The monoisotopic (exact) mass is 302 g/mol. The Bertz CT molecular complexity index is 586. The lowest BCUT2D eigenvalue weighted by Crippen LogP contribution is -2.34. The summed E-state index contributed by atoms with van der Waals surface area (Å²) >= 11 is 6.11. The highest BCUT2D eigenvalue weighted by atomic mass is 35.5. The Morgan fingerprint density at radius 3 is 2.57 bits per heavy atom. The molecule has 0 atom stereocenters. The fourth-order valence-electron chi connectivity index (χ4n) is 2.19. The van der Waals surface area contributed by atoms with E-state index in [4.69, 9.17) is 11.6 Å². The van der Waals surface area contributed by atoms with Gasteiger partial charge in [0.1, 0.15) is 0 Å². The molecule has 0 saturated carbocycles. The predicted molar refractivity (Wildman–Crippen MR) is 85.4 cm³/mol. The third kappa shape index (κ3) is 4.57. The summed E-state index contributed by atoms with van der Waals surface area (Å²) in [6, 6.07) is 11.5. The molecule has 2 rings (SSSR count). The zero-order chi connectivity index (χ0) is 15.1. The number of pyridine rings is 1. The van der Waals surface area contributed by atoms with Crippen molar-refractivity contribution in [1.82, 2.24) is 9.88 Å². The maximum Gasteiger partial charge on any atom is 0.227 e. The van der Waals surface area contributed by atoms with Gasteiger partial charge in [-0.15, -0.1) is 0 Å². The number of carbonyl (C=O) groups is 1. The summed E-state index contributed by atoms with van der Waals surface area (Å²) < 4.78 is 0. The minimum absolute atomic E-state index is 0.111. The number of likely N-dealkylation sites (N-methyl/N-ethyl adjacent to an activating group) is 1. The van der Waals surface area contributed by atoms with Gasteiger partial charge in [0.05, 0.1) is 6.42 Å². The van der Waals surface area contributed by atoms with Gasteiger partial charge < -0.3 is 4.90 Å². The van der Waals surface area contributed by atoms with Crippen LogP contribution in [0.15, 0.2) is 48.8 Å². The molecule has 1 amide bonds. The van der Waals surface area contributed by atoms with E-state index < -0.39 is 0 Å². The second-order valence-corrected chi connectivity index (χ2v) is 5.25. The third-order valence-corrected chi connectivity index (χ3v) is 3.82. The summed E-state index contributed by atoms with van der Waals surface area (Å²) in [6.07, 6.45) is 4.74. The minimum atomic E-state index is 0.111. The van der Waals surface area contributed by atoms with Crippen molar-refractivity contribution < 1.29 is 4.79 Å². The maximum atomic E-state index is 12.4. The highest BCUT2D eigenvalue weighted by molar-refractivity contribution is 6.31. The summed E-state index contributed by atoms with van der Waals surface area (Å²) in [4.78, 5) is 18.2. The molecular weight excluding hydrogens is 284 g/mol. The van der Waals surface area contributed by atoms with Crippen LogP contribution in [0.5, 0.6) is 0 Å². The summed E-state index contributed by atoms with van der Waals surface area (Å²) in [7, 11) is 0. The third-order valence-electron chi connectivity index (χ3n) is 3.45. The number of amides is 1. The molecule has 110 valence electrons. The van der Waals surface area contributed by atoms with Gasteiger partial charge in [-0.2, -0.15) is 0 Å². The SMILES string of the molecule is CCN(CCc1ccncc1)C(=O)Cc1ccccc1Cl. The van der Waals surface area contributed by atoms with E-state index in [1.807, 2.05) is 48.2 Å². The number of halogens is 1. The molecule has 1 aromatic carbocycles. The average molecular weight is 303 g/mol. The molecule has 2 aromatic rings. The highest BCUT2D eigenvalue weighted by Gasteiger charge is 2.13. The Labute approximate surface area is 130 Å². The molecular formula is C17H19ClN2O. The molecule has 0 bridgehead atoms. The fraction of sp³-hybridized carbons (Fsp3) is 0.294. The van der Waals surface area contributed by atoms with Crippen LogP contribution in [0, 0.1) is 0 Å². The maximum absolute atomic E-state index is 12.4. The van der Waals surface area contributed by atoms with Crippen molar-refractivity contribution in [2.45, 2.75) is 19.8 Å². The summed E-state index contributed by atoms with van der Waals surface area (Å²) in [5.74, 6) is 0.111. The van der Waals surface area contributed by atoms with Crippen molar-refractivity contribution in [3.8, 4) is 0 Å². The Morgan fingerprint density at radius 1 is 1.19 bits per heavy atom. The van der Waals surface area contributed by atoms with Gasteiger partial charge in [-0.25, -0.2) is 0 Å². The van der Waals surface area contributed by atoms with Crippen LogP contribution in [0.3, 0.4) is 0 Å². The van der Waals surface area contributed by atoms with E-state index in [-0.39, 0.29) is 5.91 Å². The number of hydrogen-bond acceptors (Lipinski definition) is 2. The molecule has 0 aliphatic carbocycles. The topological polar surface area (TPSA) is 33.2 Å². The number of aromatic nitrogens is 1. The van der Waals surface area contributed by atoms with Crippen molar-refractivity contribution in [3.63, 3.8) is 0 Å². The van der Waals surface area contributed by atoms with Crippen molar-refractivity contribution in [1.29, 1.82) is 0 Å². The van der Waals surface area contributed by atoms with E-state index in [1.165, 1.54) is 5.56 Å². The van der Waals surface area contributed by atoms with Crippen LogP contribution in [-0.2, 0) is 17.6 Å². The van der Waals surface area contributed by atoms with Crippen molar-refractivity contribution in [2.24, 2.45) is 0 Å². The minimum Gasteiger partial charge on any atom is -0.342 e. The first-order valence-electron chi connectivity index (χ1n) is 7.10. The zero-order valence-electron chi connectivity index (χ0n) is 12.1. The second-order valence-electron chi connectivity index (χ2n) is 4.85. The van der Waals surface area contributed by atoms with Crippen LogP contribution in [0.4, 0.5) is 0 Å².